The molecular weight excluding hydrogens is 486 g/mol. The average molecular weight is 524 g/mol. The maximum absolute atomic E-state index is 14.0. The van der Waals surface area contributed by atoms with Crippen LogP contribution in [0.5, 0.6) is 0 Å². The highest BCUT2D eigenvalue weighted by atomic mass is 28.4. The molecule has 0 aromatic carbocycles. The number of hydrogen-bond acceptors (Lipinski definition) is 9. The zero-order valence-electron chi connectivity index (χ0n) is 22.5. The van der Waals surface area contributed by atoms with Gasteiger partial charge in [0.2, 0.25) is 11.9 Å². The van der Waals surface area contributed by atoms with Crippen molar-refractivity contribution in [1.29, 1.82) is 0 Å². The van der Waals surface area contributed by atoms with Crippen molar-refractivity contribution in [2.45, 2.75) is 95.2 Å². The number of nitrogens with two attached hydrogens (primary N) is 1. The van der Waals surface area contributed by atoms with E-state index >= 15 is 0 Å². The number of fused-ring (bicyclic) bond motifs is 4. The van der Waals surface area contributed by atoms with Gasteiger partial charge in [0, 0.05) is 6.54 Å². The third-order valence-electron chi connectivity index (χ3n) is 9.13. The fraction of sp³-hybridized carbons (Fsp3) is 0.654. The number of rotatable bonds is 5. The van der Waals surface area contributed by atoms with Crippen LogP contribution in [0.4, 0.5) is 23.3 Å². The minimum Gasteiger partial charge on any atom is -0.409 e. The first-order valence-electron chi connectivity index (χ1n) is 13.4. The lowest BCUT2D eigenvalue weighted by Gasteiger charge is -2.35. The summed E-state index contributed by atoms with van der Waals surface area (Å²) >= 11 is 0. The number of nitrogen functional groups attached to an aromatic ring is 1. The van der Waals surface area contributed by atoms with Gasteiger partial charge in [-0.15, -0.1) is 0 Å². The van der Waals surface area contributed by atoms with Crippen LogP contribution in [0.3, 0.4) is 0 Å². The lowest BCUT2D eigenvalue weighted by molar-refractivity contribution is -0.122. The lowest BCUT2D eigenvalue weighted by Crippen LogP contribution is -2.40. The van der Waals surface area contributed by atoms with E-state index < -0.39 is 13.7 Å². The number of aromatic nitrogens is 4. The van der Waals surface area contributed by atoms with E-state index in [-0.39, 0.29) is 23.7 Å². The quantitative estimate of drug-likeness (QED) is 0.583. The average Bonchev–Trinajstić information content (AvgIpc) is 3.63. The summed E-state index contributed by atoms with van der Waals surface area (Å²) in [5.74, 6) is 2.10. The summed E-state index contributed by atoms with van der Waals surface area (Å²) in [4.78, 5) is 36.7. The van der Waals surface area contributed by atoms with E-state index in [1.165, 1.54) is 0 Å². The zero-order valence-corrected chi connectivity index (χ0v) is 23.5. The van der Waals surface area contributed by atoms with E-state index in [0.717, 1.165) is 44.2 Å². The summed E-state index contributed by atoms with van der Waals surface area (Å²) in [5.41, 5.74) is 7.25. The molecule has 5 heterocycles. The maximum atomic E-state index is 14.0. The number of morpholine rings is 1. The van der Waals surface area contributed by atoms with E-state index in [4.69, 9.17) is 19.9 Å². The number of carbonyl (C=O) groups is 1. The summed E-state index contributed by atoms with van der Waals surface area (Å²) in [6.45, 7) is 12.8. The molecule has 0 radical (unpaired) electrons. The van der Waals surface area contributed by atoms with Gasteiger partial charge in [0.15, 0.2) is 14.1 Å². The molecule has 198 valence electrons. The van der Waals surface area contributed by atoms with Crippen LogP contribution in [0.25, 0.3) is 0 Å². The molecule has 3 fully saturated rings. The van der Waals surface area contributed by atoms with Crippen LogP contribution < -0.4 is 15.5 Å². The van der Waals surface area contributed by atoms with Crippen LogP contribution in [0.2, 0.25) is 18.1 Å². The zero-order chi connectivity index (χ0) is 26.2. The summed E-state index contributed by atoms with van der Waals surface area (Å²) in [6.07, 6.45) is 8.18. The molecule has 2 atom stereocenters. The molecule has 10 nitrogen and oxygen atoms in total. The van der Waals surface area contributed by atoms with Crippen molar-refractivity contribution in [3.8, 4) is 0 Å². The molecule has 1 saturated carbocycles. The summed E-state index contributed by atoms with van der Waals surface area (Å²) < 4.78 is 12.1. The number of ether oxygens (including phenoxy) is 1. The molecular formula is C26H37N7O3Si. The van der Waals surface area contributed by atoms with Crippen molar-refractivity contribution >= 4 is 37.5 Å². The van der Waals surface area contributed by atoms with Crippen molar-refractivity contribution in [1.82, 2.24) is 19.9 Å². The monoisotopic (exact) mass is 523 g/mol. The van der Waals surface area contributed by atoms with E-state index in [1.54, 1.807) is 17.3 Å². The Labute approximate surface area is 219 Å². The van der Waals surface area contributed by atoms with Gasteiger partial charge in [-0.1, -0.05) is 33.6 Å². The van der Waals surface area contributed by atoms with Crippen molar-refractivity contribution in [2.24, 2.45) is 0 Å². The normalized spacial score (nSPS) is 24.5. The molecule has 1 amide bonds. The Balaban J connectivity index is 1.35. The predicted octanol–water partition coefficient (Wildman–Crippen LogP) is 3.84. The van der Waals surface area contributed by atoms with E-state index in [9.17, 15) is 4.79 Å². The molecule has 3 aliphatic heterocycles. The van der Waals surface area contributed by atoms with Crippen LogP contribution in [0, 0.1) is 0 Å². The lowest BCUT2D eigenvalue weighted by atomic mass is 9.80. The van der Waals surface area contributed by atoms with Gasteiger partial charge in [-0.2, -0.15) is 0 Å². The molecule has 2 bridgehead atoms. The van der Waals surface area contributed by atoms with Crippen molar-refractivity contribution < 1.29 is 14.0 Å². The summed E-state index contributed by atoms with van der Waals surface area (Å²) in [7, 11) is -2.02. The molecule has 4 aliphatic rings. The van der Waals surface area contributed by atoms with Crippen LogP contribution in [-0.2, 0) is 26.0 Å². The third kappa shape index (κ3) is 3.85. The highest BCUT2D eigenvalue weighted by molar-refractivity contribution is 6.74. The molecule has 11 heteroatoms. The molecule has 2 unspecified atom stereocenters. The van der Waals surface area contributed by atoms with Crippen LogP contribution in [0.1, 0.15) is 64.3 Å². The van der Waals surface area contributed by atoms with Gasteiger partial charge < -0.3 is 19.8 Å². The molecule has 6 rings (SSSR count). The Morgan fingerprint density at radius 1 is 1.19 bits per heavy atom. The fourth-order valence-corrected chi connectivity index (χ4v) is 6.90. The molecule has 2 aromatic rings. The second-order valence-electron chi connectivity index (χ2n) is 12.4. The predicted molar refractivity (Wildman–Crippen MR) is 143 cm³/mol. The van der Waals surface area contributed by atoms with Gasteiger partial charge in [-0.3, -0.25) is 9.69 Å². The second-order valence-corrected chi connectivity index (χ2v) is 17.3. The first-order valence-corrected chi connectivity index (χ1v) is 16.3. The Kier molecular flexibility index (Phi) is 5.63. The van der Waals surface area contributed by atoms with Gasteiger partial charge in [0.25, 0.3) is 0 Å². The van der Waals surface area contributed by atoms with Gasteiger partial charge >= 0.3 is 0 Å². The number of hydrogen-bond donors (Lipinski definition) is 1. The fourth-order valence-electron chi connectivity index (χ4n) is 5.98. The minimum absolute atomic E-state index is 0.00607. The van der Waals surface area contributed by atoms with Crippen LogP contribution in [0.15, 0.2) is 12.4 Å². The largest absolute Gasteiger partial charge is 0.409 e. The SMILES string of the molecule is CC(C)(C)[Si](C)(C)OCc1nc(N)c2c(n1)N(c1cnc(N3CC4CC3CO4)nc1)C(=O)C21CCCC1. The molecule has 1 spiro atoms. The molecule has 2 N–H and O–H groups in total. The maximum Gasteiger partial charge on any atom is 0.243 e. The number of carbonyl (C=O) groups excluding carboxylic acids is 1. The molecule has 1 aliphatic carbocycles. The van der Waals surface area contributed by atoms with Crippen molar-refractivity contribution in [2.75, 3.05) is 28.7 Å². The number of nitrogens with zero attached hydrogens (tertiary/aromatic N) is 6. The second kappa shape index (κ2) is 8.44. The molecule has 37 heavy (non-hydrogen) atoms. The Morgan fingerprint density at radius 2 is 1.89 bits per heavy atom. The summed E-state index contributed by atoms with van der Waals surface area (Å²) in [5, 5.41) is 0.0607. The third-order valence-corrected chi connectivity index (χ3v) is 13.6. The molecule has 2 aromatic heterocycles. The molecule has 2 saturated heterocycles. The van der Waals surface area contributed by atoms with Crippen LogP contribution in [-0.4, -0.2) is 59.5 Å². The van der Waals surface area contributed by atoms with Gasteiger partial charge in [0.1, 0.15) is 11.6 Å². The van der Waals surface area contributed by atoms with Gasteiger partial charge in [-0.25, -0.2) is 19.9 Å². The van der Waals surface area contributed by atoms with Gasteiger partial charge in [-0.05, 0) is 37.4 Å². The first-order chi connectivity index (χ1) is 17.5. The van der Waals surface area contributed by atoms with Gasteiger partial charge in [0.05, 0.1) is 54.4 Å². The topological polar surface area (TPSA) is 120 Å². The van der Waals surface area contributed by atoms with Crippen molar-refractivity contribution in [3.63, 3.8) is 0 Å². The first kappa shape index (κ1) is 24.7. The van der Waals surface area contributed by atoms with E-state index in [1.807, 2.05) is 0 Å². The Morgan fingerprint density at radius 3 is 2.49 bits per heavy atom. The Hall–Kier alpha value is -2.63. The van der Waals surface area contributed by atoms with E-state index in [0.29, 0.717) is 41.7 Å². The summed E-state index contributed by atoms with van der Waals surface area (Å²) in [6, 6.07) is 0.322. The van der Waals surface area contributed by atoms with Crippen molar-refractivity contribution in [3.05, 3.63) is 23.8 Å². The minimum atomic E-state index is -2.02. The smallest absolute Gasteiger partial charge is 0.243 e. The number of anilines is 4. The van der Waals surface area contributed by atoms with Crippen LogP contribution >= 0.6 is 0 Å². The Bertz CT molecular complexity index is 1220. The highest BCUT2D eigenvalue weighted by Gasteiger charge is 2.55. The highest BCUT2D eigenvalue weighted by Crippen LogP contribution is 2.54. The van der Waals surface area contributed by atoms with E-state index in [2.05, 4.69) is 53.7 Å². The number of amides is 1. The standard InChI is InChI=1S/C26H37N7O3Si/c1-25(2,3)37(4,5)36-15-19-30-21(27)20-22(31-19)33(23(34)26(20)8-6-7-9-26)17-11-28-24(29-12-17)32-13-18-10-16(32)14-35-18/h11-12,16,18H,6-10,13-15H2,1-5H3,(H2,27,30,31).